The molecule has 66 valence electrons. The van der Waals surface area contributed by atoms with Gasteiger partial charge in [0.25, 0.3) is 0 Å². The van der Waals surface area contributed by atoms with Crippen molar-refractivity contribution in [2.45, 2.75) is 19.3 Å². The quantitative estimate of drug-likeness (QED) is 0.579. The summed E-state index contributed by atoms with van der Waals surface area (Å²) in [6, 6.07) is 0. The lowest BCUT2D eigenvalue weighted by Crippen LogP contribution is -2.19. The fraction of sp³-hybridized carbons (Fsp3) is 1.00. The summed E-state index contributed by atoms with van der Waals surface area (Å²) in [7, 11) is 0. The van der Waals surface area contributed by atoms with E-state index < -0.39 is 0 Å². The fourth-order valence-electron chi connectivity index (χ4n) is 0.959. The van der Waals surface area contributed by atoms with Crippen molar-refractivity contribution >= 4 is 0 Å². The predicted molar refractivity (Wildman–Crippen MR) is 38.2 cm³/mol. The van der Waals surface area contributed by atoms with Gasteiger partial charge in [0.1, 0.15) is 6.10 Å². The molecule has 1 heterocycles. The van der Waals surface area contributed by atoms with Crippen molar-refractivity contribution < 1.29 is 19.3 Å². The molecule has 0 aromatic carbocycles. The molecule has 0 spiro atoms. The summed E-state index contributed by atoms with van der Waals surface area (Å²) in [6.07, 6.45) is -0.0747. The Bertz CT molecular complexity index is 107. The highest BCUT2D eigenvalue weighted by atomic mass is 16.7. The van der Waals surface area contributed by atoms with E-state index in [0.717, 1.165) is 0 Å². The third-order valence-corrected chi connectivity index (χ3v) is 1.44. The van der Waals surface area contributed by atoms with Crippen LogP contribution < -0.4 is 0 Å². The fourth-order valence-corrected chi connectivity index (χ4v) is 0.959. The van der Waals surface area contributed by atoms with Gasteiger partial charge in [0.15, 0.2) is 6.29 Å². The van der Waals surface area contributed by atoms with Gasteiger partial charge >= 0.3 is 0 Å². The maximum Gasteiger partial charge on any atom is 0.155 e. The van der Waals surface area contributed by atoms with Crippen LogP contribution in [-0.4, -0.2) is 43.9 Å². The van der Waals surface area contributed by atoms with Gasteiger partial charge in [-0.3, -0.25) is 0 Å². The first-order valence-electron chi connectivity index (χ1n) is 3.78. The molecule has 0 bridgehead atoms. The summed E-state index contributed by atoms with van der Waals surface area (Å²) in [4.78, 5) is 0. The second-order valence-corrected chi connectivity index (χ2v) is 2.46. The molecule has 11 heavy (non-hydrogen) atoms. The third-order valence-electron chi connectivity index (χ3n) is 1.44. The first-order valence-corrected chi connectivity index (χ1v) is 3.78. The van der Waals surface area contributed by atoms with Gasteiger partial charge in [0.2, 0.25) is 0 Å². The second kappa shape index (κ2) is 4.66. The highest BCUT2D eigenvalue weighted by molar-refractivity contribution is 4.61. The molecule has 4 nitrogen and oxygen atoms in total. The van der Waals surface area contributed by atoms with Gasteiger partial charge in [0, 0.05) is 0 Å². The smallest absolute Gasteiger partial charge is 0.155 e. The summed E-state index contributed by atoms with van der Waals surface area (Å²) in [5, 5.41) is 8.40. The lowest BCUT2D eigenvalue weighted by Gasteiger charge is -2.07. The van der Waals surface area contributed by atoms with Crippen LogP contribution in [0.3, 0.4) is 0 Å². The van der Waals surface area contributed by atoms with Gasteiger partial charge < -0.3 is 19.3 Å². The first-order chi connectivity index (χ1) is 5.33. The minimum atomic E-state index is -0.113. The van der Waals surface area contributed by atoms with E-state index in [1.165, 1.54) is 0 Å². The normalized spacial score (nSPS) is 31.1. The molecular weight excluding hydrogens is 148 g/mol. The molecule has 0 aliphatic carbocycles. The Kier molecular flexibility index (Phi) is 3.79. The molecule has 0 radical (unpaired) electrons. The van der Waals surface area contributed by atoms with Crippen LogP contribution in [0, 0.1) is 0 Å². The maximum absolute atomic E-state index is 8.40. The highest BCUT2D eigenvalue weighted by Crippen LogP contribution is 2.10. The number of rotatable bonds is 4. The van der Waals surface area contributed by atoms with E-state index in [4.69, 9.17) is 19.3 Å². The summed E-state index contributed by atoms with van der Waals surface area (Å²) >= 11 is 0. The van der Waals surface area contributed by atoms with E-state index in [-0.39, 0.29) is 19.0 Å². The number of aliphatic hydroxyl groups excluding tert-OH is 1. The topological polar surface area (TPSA) is 47.9 Å². The summed E-state index contributed by atoms with van der Waals surface area (Å²) in [5.41, 5.74) is 0. The summed E-state index contributed by atoms with van der Waals surface area (Å²) in [5.74, 6) is 0. The molecule has 0 aromatic rings. The largest absolute Gasteiger partial charge is 0.394 e. The first kappa shape index (κ1) is 8.93. The Morgan fingerprint density at radius 1 is 1.64 bits per heavy atom. The van der Waals surface area contributed by atoms with Crippen molar-refractivity contribution in [3.05, 3.63) is 0 Å². The molecular formula is C7H14O4. The molecule has 0 aromatic heterocycles. The van der Waals surface area contributed by atoms with Crippen molar-refractivity contribution in [3.63, 3.8) is 0 Å². The van der Waals surface area contributed by atoms with Gasteiger partial charge in [0.05, 0.1) is 26.4 Å². The van der Waals surface area contributed by atoms with Crippen LogP contribution in [-0.2, 0) is 14.2 Å². The van der Waals surface area contributed by atoms with Gasteiger partial charge in [-0.15, -0.1) is 0 Å². The van der Waals surface area contributed by atoms with Gasteiger partial charge in [-0.1, -0.05) is 0 Å². The van der Waals surface area contributed by atoms with E-state index in [0.29, 0.717) is 19.8 Å². The van der Waals surface area contributed by atoms with E-state index in [1.54, 1.807) is 0 Å². The van der Waals surface area contributed by atoms with Gasteiger partial charge in [-0.2, -0.15) is 0 Å². The van der Waals surface area contributed by atoms with Crippen LogP contribution in [0.4, 0.5) is 0 Å². The molecule has 1 saturated heterocycles. The standard InChI is InChI=1S/C7H14O4/c1-6-10-5-7(11-6)4-9-3-2-8/h6-8H,2-5H2,1H3/t6-,7+/m1/s1. The van der Waals surface area contributed by atoms with Crippen LogP contribution >= 0.6 is 0 Å². The zero-order valence-corrected chi connectivity index (χ0v) is 6.66. The summed E-state index contributed by atoms with van der Waals surface area (Å²) < 4.78 is 15.5. The molecule has 0 amide bonds. The second-order valence-electron chi connectivity index (χ2n) is 2.46. The van der Waals surface area contributed by atoms with E-state index in [1.807, 2.05) is 6.92 Å². The van der Waals surface area contributed by atoms with E-state index >= 15 is 0 Å². The number of hydrogen-bond acceptors (Lipinski definition) is 4. The summed E-state index contributed by atoms with van der Waals surface area (Å²) in [6.45, 7) is 3.38. The maximum atomic E-state index is 8.40. The minimum absolute atomic E-state index is 0.0385. The molecule has 1 aliphatic rings. The van der Waals surface area contributed by atoms with Crippen molar-refractivity contribution in [2.24, 2.45) is 0 Å². The Hall–Kier alpha value is -0.160. The molecule has 4 heteroatoms. The van der Waals surface area contributed by atoms with Crippen molar-refractivity contribution in [3.8, 4) is 0 Å². The Morgan fingerprint density at radius 2 is 2.45 bits per heavy atom. The van der Waals surface area contributed by atoms with Crippen LogP contribution in [0.2, 0.25) is 0 Å². The molecule has 2 atom stereocenters. The lowest BCUT2D eigenvalue weighted by molar-refractivity contribution is -0.0600. The van der Waals surface area contributed by atoms with Crippen molar-refractivity contribution in [2.75, 3.05) is 26.4 Å². The number of aliphatic hydroxyl groups is 1. The Morgan fingerprint density at radius 3 is 3.00 bits per heavy atom. The zero-order chi connectivity index (χ0) is 8.10. The Labute approximate surface area is 66.1 Å². The van der Waals surface area contributed by atoms with Gasteiger partial charge in [-0.05, 0) is 6.92 Å². The van der Waals surface area contributed by atoms with Gasteiger partial charge in [-0.25, -0.2) is 0 Å². The molecule has 1 fully saturated rings. The predicted octanol–water partition coefficient (Wildman–Crippen LogP) is -0.243. The average molecular weight is 162 g/mol. The molecule has 0 unspecified atom stereocenters. The van der Waals surface area contributed by atoms with E-state index in [9.17, 15) is 0 Å². The monoisotopic (exact) mass is 162 g/mol. The van der Waals surface area contributed by atoms with Crippen LogP contribution in [0.5, 0.6) is 0 Å². The van der Waals surface area contributed by atoms with Crippen LogP contribution in [0.1, 0.15) is 6.92 Å². The zero-order valence-electron chi connectivity index (χ0n) is 6.66. The van der Waals surface area contributed by atoms with Crippen molar-refractivity contribution in [1.82, 2.24) is 0 Å². The SMILES string of the molecule is C[C@@H]1OC[C@H](COCCO)O1. The average Bonchev–Trinajstić information content (AvgIpc) is 2.37. The molecule has 0 saturated carbocycles. The van der Waals surface area contributed by atoms with E-state index in [2.05, 4.69) is 0 Å². The molecule has 1 rings (SSSR count). The number of ether oxygens (including phenoxy) is 3. The lowest BCUT2D eigenvalue weighted by atomic mass is 10.4. The van der Waals surface area contributed by atoms with Crippen molar-refractivity contribution in [1.29, 1.82) is 0 Å². The highest BCUT2D eigenvalue weighted by Gasteiger charge is 2.21. The molecule has 1 N–H and O–H groups in total. The van der Waals surface area contributed by atoms with Crippen LogP contribution in [0.25, 0.3) is 0 Å². The minimum Gasteiger partial charge on any atom is -0.394 e. The van der Waals surface area contributed by atoms with Crippen LogP contribution in [0.15, 0.2) is 0 Å². The molecule has 1 aliphatic heterocycles. The number of hydrogen-bond donors (Lipinski definition) is 1. The third kappa shape index (κ3) is 3.16. The Balaban J connectivity index is 1.99.